The zero-order valence-electron chi connectivity index (χ0n) is 17.3. The number of aryl methyl sites for hydroxylation is 1. The number of thiophene rings is 1. The summed E-state index contributed by atoms with van der Waals surface area (Å²) in [6.45, 7) is 6.31. The Balaban J connectivity index is 1.28. The number of carbonyl (C=O) groups is 1. The number of hydrogen-bond donors (Lipinski definition) is 0. The molecular weight excluding hydrogens is 451 g/mol. The van der Waals surface area contributed by atoms with Crippen LogP contribution in [0.5, 0.6) is 5.75 Å². The molecule has 0 N–H and O–H groups in total. The van der Waals surface area contributed by atoms with Crippen LogP contribution in [0.2, 0.25) is 10.0 Å². The Morgan fingerprint density at radius 3 is 2.61 bits per heavy atom. The normalized spacial score (nSPS) is 14.6. The summed E-state index contributed by atoms with van der Waals surface area (Å²) in [5.41, 5.74) is 3.24. The van der Waals surface area contributed by atoms with Gasteiger partial charge in [-0.15, -0.1) is 11.3 Å². The highest BCUT2D eigenvalue weighted by molar-refractivity contribution is 7.12. The Kier molecular flexibility index (Phi) is 7.18. The number of halogens is 2. The van der Waals surface area contributed by atoms with Gasteiger partial charge in [0.15, 0.2) is 0 Å². The van der Waals surface area contributed by atoms with Gasteiger partial charge >= 0.3 is 0 Å². The molecule has 0 bridgehead atoms. The predicted octanol–water partition coefficient (Wildman–Crippen LogP) is 5.90. The monoisotopic (exact) mass is 474 g/mol. The Morgan fingerprint density at radius 1 is 1.06 bits per heavy atom. The number of amides is 1. The Morgan fingerprint density at radius 2 is 1.87 bits per heavy atom. The summed E-state index contributed by atoms with van der Waals surface area (Å²) < 4.78 is 5.86. The summed E-state index contributed by atoms with van der Waals surface area (Å²) in [5.74, 6) is 0.937. The summed E-state index contributed by atoms with van der Waals surface area (Å²) in [5, 5.41) is 3.33. The van der Waals surface area contributed by atoms with Crippen molar-refractivity contribution in [1.29, 1.82) is 0 Å². The Bertz CT molecular complexity index is 1060. The van der Waals surface area contributed by atoms with Crippen LogP contribution in [0.4, 0.5) is 0 Å². The molecule has 7 heteroatoms. The summed E-state index contributed by atoms with van der Waals surface area (Å²) in [4.78, 5) is 17.9. The van der Waals surface area contributed by atoms with E-state index in [1.54, 1.807) is 6.07 Å². The lowest BCUT2D eigenvalue weighted by Gasteiger charge is -2.34. The minimum Gasteiger partial charge on any atom is -0.489 e. The minimum atomic E-state index is 0.0935. The van der Waals surface area contributed by atoms with E-state index in [-0.39, 0.29) is 5.91 Å². The SMILES string of the molecule is Cc1cccc(OCc2csc(C(=O)N3CCN(Cc4ccc(Cl)cc4Cl)CC3)c2)c1. The zero-order chi connectivity index (χ0) is 21.8. The van der Waals surface area contributed by atoms with E-state index in [1.807, 2.05) is 59.7 Å². The summed E-state index contributed by atoms with van der Waals surface area (Å²) in [7, 11) is 0. The first-order valence-corrected chi connectivity index (χ1v) is 11.8. The average molecular weight is 475 g/mol. The number of ether oxygens (including phenoxy) is 1. The van der Waals surface area contributed by atoms with Crippen LogP contribution in [-0.2, 0) is 13.2 Å². The van der Waals surface area contributed by atoms with Crippen LogP contribution in [-0.4, -0.2) is 41.9 Å². The Hall–Kier alpha value is -2.05. The van der Waals surface area contributed by atoms with Crippen molar-refractivity contribution >= 4 is 40.4 Å². The van der Waals surface area contributed by atoms with E-state index in [4.69, 9.17) is 27.9 Å². The molecule has 1 aliphatic heterocycles. The highest BCUT2D eigenvalue weighted by Crippen LogP contribution is 2.24. The molecule has 1 aliphatic rings. The van der Waals surface area contributed by atoms with Crippen molar-refractivity contribution in [3.05, 3.63) is 85.5 Å². The molecule has 3 aromatic rings. The number of nitrogens with zero attached hydrogens (tertiary/aromatic N) is 2. The maximum atomic E-state index is 12.9. The first-order valence-electron chi connectivity index (χ1n) is 10.2. The van der Waals surface area contributed by atoms with E-state index in [0.29, 0.717) is 29.7 Å². The summed E-state index contributed by atoms with van der Waals surface area (Å²) >= 11 is 13.8. The molecule has 4 nitrogen and oxygen atoms in total. The molecule has 0 atom stereocenters. The molecule has 4 rings (SSSR count). The summed E-state index contributed by atoms with van der Waals surface area (Å²) in [6, 6.07) is 15.5. The molecule has 162 valence electrons. The van der Waals surface area contributed by atoms with Crippen LogP contribution >= 0.6 is 34.5 Å². The largest absolute Gasteiger partial charge is 0.489 e. The fourth-order valence-corrected chi connectivity index (χ4v) is 4.92. The number of rotatable bonds is 6. The second kappa shape index (κ2) is 10.0. The maximum absolute atomic E-state index is 12.9. The lowest BCUT2D eigenvalue weighted by Crippen LogP contribution is -2.48. The molecule has 1 amide bonds. The van der Waals surface area contributed by atoms with E-state index in [9.17, 15) is 4.79 Å². The van der Waals surface area contributed by atoms with Gasteiger partial charge in [0, 0.05) is 48.3 Å². The molecule has 0 saturated carbocycles. The molecule has 1 fully saturated rings. The molecule has 2 heterocycles. The lowest BCUT2D eigenvalue weighted by atomic mass is 10.2. The first-order chi connectivity index (χ1) is 15.0. The Labute approximate surface area is 197 Å². The summed E-state index contributed by atoms with van der Waals surface area (Å²) in [6.07, 6.45) is 0. The molecule has 1 aromatic heterocycles. The van der Waals surface area contributed by atoms with Crippen molar-refractivity contribution in [2.24, 2.45) is 0 Å². The number of carbonyl (C=O) groups excluding carboxylic acids is 1. The number of piperazine rings is 1. The van der Waals surface area contributed by atoms with Gasteiger partial charge in [0.25, 0.3) is 5.91 Å². The van der Waals surface area contributed by atoms with Gasteiger partial charge in [-0.25, -0.2) is 0 Å². The van der Waals surface area contributed by atoms with Crippen molar-refractivity contribution in [2.45, 2.75) is 20.1 Å². The van der Waals surface area contributed by atoms with Gasteiger partial charge in [-0.1, -0.05) is 41.4 Å². The standard InChI is InChI=1S/C24H24Cl2N2O2S/c1-17-3-2-4-21(11-17)30-15-18-12-23(31-16-18)24(29)28-9-7-27(8-10-28)14-19-5-6-20(25)13-22(19)26/h2-6,11-13,16H,7-10,14-15H2,1H3. The van der Waals surface area contributed by atoms with E-state index in [1.165, 1.54) is 11.3 Å². The van der Waals surface area contributed by atoms with Crippen molar-refractivity contribution in [3.8, 4) is 5.75 Å². The van der Waals surface area contributed by atoms with Crippen LogP contribution in [0, 0.1) is 6.92 Å². The molecule has 0 spiro atoms. The molecule has 2 aromatic carbocycles. The number of hydrogen-bond acceptors (Lipinski definition) is 4. The quantitative estimate of drug-likeness (QED) is 0.445. The van der Waals surface area contributed by atoms with E-state index >= 15 is 0 Å². The fourth-order valence-electron chi connectivity index (χ4n) is 3.59. The topological polar surface area (TPSA) is 32.8 Å². The van der Waals surface area contributed by atoms with Crippen LogP contribution < -0.4 is 4.74 Å². The molecule has 31 heavy (non-hydrogen) atoms. The van der Waals surface area contributed by atoms with Gasteiger partial charge in [0.05, 0.1) is 4.88 Å². The zero-order valence-corrected chi connectivity index (χ0v) is 19.6. The van der Waals surface area contributed by atoms with Gasteiger partial charge in [0.1, 0.15) is 12.4 Å². The first kappa shape index (κ1) is 22.2. The molecular formula is C24H24Cl2N2O2S. The number of benzene rings is 2. The third-order valence-corrected chi connectivity index (χ3v) is 6.88. The lowest BCUT2D eigenvalue weighted by molar-refractivity contribution is 0.0633. The van der Waals surface area contributed by atoms with Crippen LogP contribution in [0.15, 0.2) is 53.9 Å². The molecule has 0 unspecified atom stereocenters. The smallest absolute Gasteiger partial charge is 0.264 e. The average Bonchev–Trinajstić information content (AvgIpc) is 3.23. The van der Waals surface area contributed by atoms with E-state index in [2.05, 4.69) is 4.90 Å². The van der Waals surface area contributed by atoms with Gasteiger partial charge in [-0.3, -0.25) is 9.69 Å². The van der Waals surface area contributed by atoms with Gasteiger partial charge < -0.3 is 9.64 Å². The molecule has 0 aliphatic carbocycles. The van der Waals surface area contributed by atoms with Crippen molar-refractivity contribution in [1.82, 2.24) is 9.80 Å². The fraction of sp³-hybridized carbons (Fsp3) is 0.292. The molecule has 1 saturated heterocycles. The maximum Gasteiger partial charge on any atom is 0.264 e. The highest BCUT2D eigenvalue weighted by atomic mass is 35.5. The van der Waals surface area contributed by atoms with Gasteiger partial charge in [-0.05, 0) is 53.8 Å². The van der Waals surface area contributed by atoms with Crippen LogP contribution in [0.3, 0.4) is 0 Å². The second-order valence-electron chi connectivity index (χ2n) is 7.73. The molecule has 0 radical (unpaired) electrons. The van der Waals surface area contributed by atoms with Gasteiger partial charge in [-0.2, -0.15) is 0 Å². The highest BCUT2D eigenvalue weighted by Gasteiger charge is 2.23. The van der Waals surface area contributed by atoms with Crippen LogP contribution in [0.25, 0.3) is 0 Å². The van der Waals surface area contributed by atoms with Crippen molar-refractivity contribution < 1.29 is 9.53 Å². The second-order valence-corrected chi connectivity index (χ2v) is 9.48. The minimum absolute atomic E-state index is 0.0935. The third kappa shape index (κ3) is 5.80. The van der Waals surface area contributed by atoms with E-state index in [0.717, 1.165) is 47.0 Å². The predicted molar refractivity (Wildman–Crippen MR) is 127 cm³/mol. The van der Waals surface area contributed by atoms with Crippen molar-refractivity contribution in [2.75, 3.05) is 26.2 Å². The van der Waals surface area contributed by atoms with E-state index < -0.39 is 0 Å². The van der Waals surface area contributed by atoms with Gasteiger partial charge in [0.2, 0.25) is 0 Å². The van der Waals surface area contributed by atoms with Crippen molar-refractivity contribution in [3.63, 3.8) is 0 Å². The third-order valence-electron chi connectivity index (χ3n) is 5.33. The van der Waals surface area contributed by atoms with Crippen LogP contribution in [0.1, 0.15) is 26.4 Å².